The van der Waals surface area contributed by atoms with Crippen LogP contribution in [0.5, 0.6) is 0 Å². The van der Waals surface area contributed by atoms with Crippen LogP contribution in [0.4, 0.5) is 5.82 Å². The van der Waals surface area contributed by atoms with Crippen molar-refractivity contribution in [1.29, 1.82) is 0 Å². The number of piperidine rings is 1. The Bertz CT molecular complexity index is 533. The first kappa shape index (κ1) is 12.8. The molecule has 2 rings (SSSR count). The van der Waals surface area contributed by atoms with Gasteiger partial charge < -0.3 is 5.11 Å². The van der Waals surface area contributed by atoms with Crippen molar-refractivity contribution in [3.8, 4) is 0 Å². The second-order valence-corrected chi connectivity index (χ2v) is 5.71. The second kappa shape index (κ2) is 4.94. The van der Waals surface area contributed by atoms with E-state index in [1.165, 1.54) is 4.31 Å². The number of hydrogen-bond donors (Lipinski definition) is 3. The number of nitrogens with one attached hydrogen (secondary N) is 2. The van der Waals surface area contributed by atoms with Gasteiger partial charge >= 0.3 is 16.2 Å². The third-order valence-corrected chi connectivity index (χ3v) is 4.21. The molecule has 9 heteroatoms. The van der Waals surface area contributed by atoms with E-state index in [0.717, 1.165) is 25.3 Å². The van der Waals surface area contributed by atoms with E-state index in [4.69, 9.17) is 5.11 Å². The van der Waals surface area contributed by atoms with Gasteiger partial charge in [-0.1, -0.05) is 6.42 Å². The van der Waals surface area contributed by atoms with Gasteiger partial charge in [-0.3, -0.25) is 9.82 Å². The van der Waals surface area contributed by atoms with Gasteiger partial charge in [0, 0.05) is 19.2 Å². The summed E-state index contributed by atoms with van der Waals surface area (Å²) in [4.78, 5) is 10.6. The van der Waals surface area contributed by atoms with Crippen LogP contribution in [0.1, 0.15) is 29.8 Å². The van der Waals surface area contributed by atoms with Gasteiger partial charge in [-0.05, 0) is 12.8 Å². The van der Waals surface area contributed by atoms with Crippen molar-refractivity contribution < 1.29 is 18.3 Å². The summed E-state index contributed by atoms with van der Waals surface area (Å²) in [7, 11) is -3.64. The molecule has 0 spiro atoms. The topological polar surface area (TPSA) is 115 Å². The summed E-state index contributed by atoms with van der Waals surface area (Å²) in [6.45, 7) is 0.955. The van der Waals surface area contributed by atoms with Crippen molar-refractivity contribution in [3.05, 3.63) is 11.8 Å². The van der Waals surface area contributed by atoms with Crippen LogP contribution < -0.4 is 4.72 Å². The maximum atomic E-state index is 11.9. The number of hydrogen-bond acceptors (Lipinski definition) is 4. The highest BCUT2D eigenvalue weighted by Crippen LogP contribution is 2.15. The lowest BCUT2D eigenvalue weighted by Gasteiger charge is -2.25. The summed E-state index contributed by atoms with van der Waals surface area (Å²) in [5.74, 6) is -1.20. The van der Waals surface area contributed by atoms with Crippen LogP contribution in [0, 0.1) is 0 Å². The first-order chi connectivity index (χ1) is 8.49. The molecule has 1 aromatic heterocycles. The van der Waals surface area contributed by atoms with Gasteiger partial charge in [0.05, 0.1) is 0 Å². The number of anilines is 1. The van der Waals surface area contributed by atoms with Crippen molar-refractivity contribution in [3.63, 3.8) is 0 Å². The Hall–Kier alpha value is -1.61. The van der Waals surface area contributed by atoms with Crippen LogP contribution in [-0.2, 0) is 10.2 Å². The molecule has 0 unspecified atom stereocenters. The van der Waals surface area contributed by atoms with E-state index < -0.39 is 16.2 Å². The quantitative estimate of drug-likeness (QED) is 0.728. The fraction of sp³-hybridized carbons (Fsp3) is 0.556. The van der Waals surface area contributed by atoms with E-state index in [1.807, 2.05) is 0 Å². The number of rotatable bonds is 4. The van der Waals surface area contributed by atoms with Gasteiger partial charge in [0.1, 0.15) is 5.69 Å². The maximum Gasteiger partial charge on any atom is 0.353 e. The third kappa shape index (κ3) is 2.79. The first-order valence-electron chi connectivity index (χ1n) is 5.55. The summed E-state index contributed by atoms with van der Waals surface area (Å²) < 4.78 is 27.5. The zero-order valence-corrected chi connectivity index (χ0v) is 10.4. The number of carboxylic acid groups (broad SMARTS) is 1. The maximum absolute atomic E-state index is 11.9. The lowest BCUT2D eigenvalue weighted by Crippen LogP contribution is -2.39. The zero-order chi connectivity index (χ0) is 13.2. The largest absolute Gasteiger partial charge is 0.477 e. The molecular formula is C9H14N4O4S. The average molecular weight is 274 g/mol. The molecule has 0 radical (unpaired) electrons. The molecule has 0 aliphatic carbocycles. The van der Waals surface area contributed by atoms with Gasteiger partial charge in [-0.2, -0.15) is 17.8 Å². The van der Waals surface area contributed by atoms with E-state index in [2.05, 4.69) is 14.9 Å². The van der Waals surface area contributed by atoms with Gasteiger partial charge in [-0.25, -0.2) is 4.79 Å². The van der Waals surface area contributed by atoms with E-state index in [9.17, 15) is 13.2 Å². The third-order valence-electron chi connectivity index (χ3n) is 2.70. The molecule has 1 aliphatic rings. The summed E-state index contributed by atoms with van der Waals surface area (Å²) in [6, 6.07) is 1.14. The van der Waals surface area contributed by atoms with Gasteiger partial charge in [0.25, 0.3) is 0 Å². The van der Waals surface area contributed by atoms with Gasteiger partial charge in [-0.15, -0.1) is 0 Å². The van der Waals surface area contributed by atoms with Crippen LogP contribution in [0.25, 0.3) is 0 Å². The molecule has 0 aromatic carbocycles. The summed E-state index contributed by atoms with van der Waals surface area (Å²) in [5, 5.41) is 14.5. The molecule has 2 heterocycles. The Morgan fingerprint density at radius 1 is 1.39 bits per heavy atom. The molecular weight excluding hydrogens is 260 g/mol. The van der Waals surface area contributed by atoms with E-state index in [-0.39, 0.29) is 11.5 Å². The lowest BCUT2D eigenvalue weighted by molar-refractivity contribution is 0.0690. The minimum absolute atomic E-state index is 0.0158. The SMILES string of the molecule is O=C(O)c1cc(NS(=O)(=O)N2CCCCC2)n[nH]1. The van der Waals surface area contributed by atoms with Crippen LogP contribution in [-0.4, -0.2) is 47.1 Å². The number of H-pyrrole nitrogens is 1. The number of aromatic carboxylic acids is 1. The number of nitrogens with zero attached hydrogens (tertiary/aromatic N) is 2. The predicted octanol–water partition coefficient (Wildman–Crippen LogP) is 0.250. The standard InChI is InChI=1S/C9H14N4O4S/c14-9(15)7-6-8(11-10-7)12-18(16,17)13-4-2-1-3-5-13/h6H,1-5H2,(H,14,15)(H2,10,11,12). The number of carbonyl (C=O) groups is 1. The highest BCUT2D eigenvalue weighted by molar-refractivity contribution is 7.90. The number of carboxylic acids is 1. The molecule has 100 valence electrons. The Kier molecular flexibility index (Phi) is 3.53. The van der Waals surface area contributed by atoms with Crippen LogP contribution >= 0.6 is 0 Å². The van der Waals surface area contributed by atoms with E-state index in [0.29, 0.717) is 13.1 Å². The number of aromatic nitrogens is 2. The molecule has 1 fully saturated rings. The van der Waals surface area contributed by atoms with Gasteiger partial charge in [0.2, 0.25) is 0 Å². The summed E-state index contributed by atoms with van der Waals surface area (Å²) >= 11 is 0. The molecule has 18 heavy (non-hydrogen) atoms. The van der Waals surface area contributed by atoms with E-state index >= 15 is 0 Å². The highest BCUT2D eigenvalue weighted by atomic mass is 32.2. The fourth-order valence-corrected chi connectivity index (χ4v) is 3.02. The Morgan fingerprint density at radius 3 is 2.61 bits per heavy atom. The van der Waals surface area contributed by atoms with Gasteiger partial charge in [0.15, 0.2) is 5.82 Å². The minimum Gasteiger partial charge on any atom is -0.477 e. The Labute approximate surface area is 104 Å². The molecule has 1 aromatic rings. The smallest absolute Gasteiger partial charge is 0.353 e. The van der Waals surface area contributed by atoms with Crippen LogP contribution in [0.3, 0.4) is 0 Å². The summed E-state index contributed by atoms with van der Waals surface area (Å²) in [6.07, 6.45) is 2.70. The normalized spacial score (nSPS) is 17.6. The molecule has 0 atom stereocenters. The number of aromatic amines is 1. The van der Waals surface area contributed by atoms with Crippen molar-refractivity contribution in [2.75, 3.05) is 17.8 Å². The fourth-order valence-electron chi connectivity index (χ4n) is 1.79. The molecule has 1 aliphatic heterocycles. The molecule has 0 bridgehead atoms. The average Bonchev–Trinajstić information content (AvgIpc) is 2.78. The van der Waals surface area contributed by atoms with Crippen molar-refractivity contribution in [1.82, 2.24) is 14.5 Å². The highest BCUT2D eigenvalue weighted by Gasteiger charge is 2.24. The minimum atomic E-state index is -3.64. The lowest BCUT2D eigenvalue weighted by atomic mass is 10.2. The molecule has 1 saturated heterocycles. The first-order valence-corrected chi connectivity index (χ1v) is 6.99. The zero-order valence-electron chi connectivity index (χ0n) is 9.59. The Balaban J connectivity index is 2.08. The molecule has 8 nitrogen and oxygen atoms in total. The molecule has 3 N–H and O–H groups in total. The van der Waals surface area contributed by atoms with Crippen molar-refractivity contribution in [2.24, 2.45) is 0 Å². The van der Waals surface area contributed by atoms with Crippen LogP contribution in [0.15, 0.2) is 6.07 Å². The van der Waals surface area contributed by atoms with Crippen LogP contribution in [0.2, 0.25) is 0 Å². The monoisotopic (exact) mass is 274 g/mol. The predicted molar refractivity (Wildman–Crippen MR) is 63.5 cm³/mol. The molecule has 0 saturated carbocycles. The Morgan fingerprint density at radius 2 is 2.06 bits per heavy atom. The molecule has 0 amide bonds. The second-order valence-electron chi connectivity index (χ2n) is 4.04. The van der Waals surface area contributed by atoms with Crippen molar-refractivity contribution in [2.45, 2.75) is 19.3 Å². The van der Waals surface area contributed by atoms with Crippen molar-refractivity contribution >= 4 is 22.0 Å². The van der Waals surface area contributed by atoms with E-state index in [1.54, 1.807) is 0 Å². The summed E-state index contributed by atoms with van der Waals surface area (Å²) in [5.41, 5.74) is -0.161.